The summed E-state index contributed by atoms with van der Waals surface area (Å²) in [5.41, 5.74) is 3.26. The molecule has 0 fully saturated rings. The summed E-state index contributed by atoms with van der Waals surface area (Å²) in [4.78, 5) is 24.0. The molecule has 0 saturated carbocycles. The van der Waals surface area contributed by atoms with Gasteiger partial charge in [0, 0.05) is 24.0 Å². The van der Waals surface area contributed by atoms with Crippen molar-refractivity contribution in [1.82, 2.24) is 5.32 Å². The molecule has 0 aromatic heterocycles. The lowest BCUT2D eigenvalue weighted by atomic mass is 10.0. The molecule has 0 heterocycles. The van der Waals surface area contributed by atoms with E-state index in [0.29, 0.717) is 11.5 Å². The first kappa shape index (κ1) is 18.5. The molecule has 5 heteroatoms. The number of hydrogen-bond acceptors (Lipinski definition) is 3. The van der Waals surface area contributed by atoms with Gasteiger partial charge in [-0.1, -0.05) is 32.0 Å². The number of amides is 2. The Kier molecular flexibility index (Phi) is 6.17. The predicted molar refractivity (Wildman–Crippen MR) is 102 cm³/mol. The average Bonchev–Trinajstić information content (AvgIpc) is 2.61. The van der Waals surface area contributed by atoms with Gasteiger partial charge < -0.3 is 16.0 Å². The lowest BCUT2D eigenvalue weighted by Gasteiger charge is -2.16. The Morgan fingerprint density at radius 2 is 1.60 bits per heavy atom. The summed E-state index contributed by atoms with van der Waals surface area (Å²) in [5, 5.41) is 8.60. The van der Waals surface area contributed by atoms with Crippen LogP contribution in [0.25, 0.3) is 0 Å². The van der Waals surface area contributed by atoms with E-state index in [1.807, 2.05) is 30.3 Å². The highest BCUT2D eigenvalue weighted by Crippen LogP contribution is 2.18. The molecule has 5 nitrogen and oxygen atoms in total. The Hall–Kier alpha value is -2.82. The first-order valence-corrected chi connectivity index (χ1v) is 8.40. The van der Waals surface area contributed by atoms with E-state index in [1.165, 1.54) is 5.56 Å². The molecule has 0 saturated heterocycles. The lowest BCUT2D eigenvalue weighted by molar-refractivity contribution is -0.116. The van der Waals surface area contributed by atoms with Crippen molar-refractivity contribution in [3.05, 3.63) is 59.7 Å². The Morgan fingerprint density at radius 1 is 0.920 bits per heavy atom. The van der Waals surface area contributed by atoms with Crippen molar-refractivity contribution in [2.24, 2.45) is 0 Å². The van der Waals surface area contributed by atoms with Crippen LogP contribution < -0.4 is 16.0 Å². The third kappa shape index (κ3) is 5.08. The van der Waals surface area contributed by atoms with Crippen LogP contribution in [0.1, 0.15) is 42.6 Å². The van der Waals surface area contributed by atoms with E-state index in [4.69, 9.17) is 0 Å². The summed E-state index contributed by atoms with van der Waals surface area (Å²) in [7, 11) is 1.59. The number of carbonyl (C=O) groups is 2. The van der Waals surface area contributed by atoms with Crippen LogP contribution in [0, 0.1) is 0 Å². The van der Waals surface area contributed by atoms with Crippen molar-refractivity contribution in [3.8, 4) is 0 Å². The third-order valence-corrected chi connectivity index (χ3v) is 3.97. The van der Waals surface area contributed by atoms with Gasteiger partial charge in [-0.15, -0.1) is 0 Å². The van der Waals surface area contributed by atoms with Gasteiger partial charge in [0.15, 0.2) is 0 Å². The lowest BCUT2D eigenvalue weighted by Crippen LogP contribution is -2.32. The van der Waals surface area contributed by atoms with Crippen LogP contribution in [0.5, 0.6) is 0 Å². The van der Waals surface area contributed by atoms with Gasteiger partial charge in [0.25, 0.3) is 5.91 Å². The predicted octanol–water partition coefficient (Wildman–Crippen LogP) is 3.61. The van der Waals surface area contributed by atoms with E-state index in [0.717, 1.165) is 11.4 Å². The summed E-state index contributed by atoms with van der Waals surface area (Å²) in [6.45, 7) is 6.05. The third-order valence-electron chi connectivity index (χ3n) is 3.97. The fourth-order valence-corrected chi connectivity index (χ4v) is 2.41. The van der Waals surface area contributed by atoms with Crippen molar-refractivity contribution >= 4 is 23.2 Å². The molecule has 0 aliphatic carbocycles. The minimum Gasteiger partial charge on any atom is -0.374 e. The van der Waals surface area contributed by atoms with Crippen LogP contribution in [0.15, 0.2) is 48.5 Å². The molecule has 2 rings (SSSR count). The minimum absolute atomic E-state index is 0.136. The van der Waals surface area contributed by atoms with Crippen molar-refractivity contribution in [3.63, 3.8) is 0 Å². The maximum atomic E-state index is 12.4. The topological polar surface area (TPSA) is 70.2 Å². The van der Waals surface area contributed by atoms with Gasteiger partial charge in [0.1, 0.15) is 6.04 Å². The number of anilines is 2. The van der Waals surface area contributed by atoms with Crippen molar-refractivity contribution in [2.45, 2.75) is 32.7 Å². The standard InChI is InChI=1S/C20H25N3O2/c1-13(2)15-8-10-17(11-9-15)23-19(24)14(3)22-18-7-5-6-16(12-18)20(25)21-4/h5-14,22H,1-4H3,(H,21,25)(H,23,24)/t14-/m1/s1. The van der Waals surface area contributed by atoms with Crippen LogP contribution in [0.3, 0.4) is 0 Å². The number of carbonyl (C=O) groups excluding carboxylic acids is 2. The van der Waals surface area contributed by atoms with Gasteiger partial charge in [-0.3, -0.25) is 9.59 Å². The molecular formula is C20H25N3O2. The molecule has 0 aliphatic heterocycles. The second-order valence-electron chi connectivity index (χ2n) is 6.29. The first-order valence-electron chi connectivity index (χ1n) is 8.40. The molecule has 1 atom stereocenters. The first-order chi connectivity index (χ1) is 11.9. The largest absolute Gasteiger partial charge is 0.374 e. The Labute approximate surface area is 148 Å². The maximum Gasteiger partial charge on any atom is 0.251 e. The molecule has 2 aromatic rings. The monoisotopic (exact) mass is 339 g/mol. The number of rotatable bonds is 6. The fraction of sp³-hybridized carbons (Fsp3) is 0.300. The van der Waals surface area contributed by atoms with E-state index in [1.54, 1.807) is 32.2 Å². The highest BCUT2D eigenvalue weighted by Gasteiger charge is 2.14. The zero-order chi connectivity index (χ0) is 18.4. The second kappa shape index (κ2) is 8.33. The molecule has 0 bridgehead atoms. The van der Waals surface area contributed by atoms with Gasteiger partial charge in [-0.2, -0.15) is 0 Å². The van der Waals surface area contributed by atoms with Crippen LogP contribution in [-0.4, -0.2) is 24.9 Å². The fourth-order valence-electron chi connectivity index (χ4n) is 2.41. The number of hydrogen-bond donors (Lipinski definition) is 3. The van der Waals surface area contributed by atoms with Gasteiger partial charge >= 0.3 is 0 Å². The van der Waals surface area contributed by atoms with E-state index in [2.05, 4.69) is 29.8 Å². The number of nitrogens with one attached hydrogen (secondary N) is 3. The van der Waals surface area contributed by atoms with Crippen LogP contribution >= 0.6 is 0 Å². The molecule has 132 valence electrons. The highest BCUT2D eigenvalue weighted by molar-refractivity contribution is 5.97. The van der Waals surface area contributed by atoms with E-state index < -0.39 is 6.04 Å². The summed E-state index contributed by atoms with van der Waals surface area (Å²) in [5.74, 6) is 0.159. The molecule has 2 amide bonds. The zero-order valence-corrected chi connectivity index (χ0v) is 15.1. The SMILES string of the molecule is CNC(=O)c1cccc(N[C@H](C)C(=O)Nc2ccc(C(C)C)cc2)c1. The summed E-state index contributed by atoms with van der Waals surface area (Å²) < 4.78 is 0. The molecule has 0 radical (unpaired) electrons. The normalized spacial score (nSPS) is 11.7. The minimum atomic E-state index is -0.440. The number of benzene rings is 2. The molecule has 0 spiro atoms. The Balaban J connectivity index is 1.99. The van der Waals surface area contributed by atoms with Crippen molar-refractivity contribution in [1.29, 1.82) is 0 Å². The van der Waals surface area contributed by atoms with E-state index in [9.17, 15) is 9.59 Å². The molecule has 0 unspecified atom stereocenters. The summed E-state index contributed by atoms with van der Waals surface area (Å²) in [6.07, 6.45) is 0. The second-order valence-corrected chi connectivity index (χ2v) is 6.29. The van der Waals surface area contributed by atoms with E-state index >= 15 is 0 Å². The molecule has 0 aliphatic rings. The average molecular weight is 339 g/mol. The van der Waals surface area contributed by atoms with Gasteiger partial charge in [0.2, 0.25) is 5.91 Å². The van der Waals surface area contributed by atoms with Crippen molar-refractivity contribution in [2.75, 3.05) is 17.7 Å². The van der Waals surface area contributed by atoms with Gasteiger partial charge in [-0.25, -0.2) is 0 Å². The van der Waals surface area contributed by atoms with Crippen LogP contribution in [-0.2, 0) is 4.79 Å². The molecule has 25 heavy (non-hydrogen) atoms. The zero-order valence-electron chi connectivity index (χ0n) is 15.1. The summed E-state index contributed by atoms with van der Waals surface area (Å²) in [6, 6.07) is 14.5. The quantitative estimate of drug-likeness (QED) is 0.753. The van der Waals surface area contributed by atoms with E-state index in [-0.39, 0.29) is 11.8 Å². The summed E-state index contributed by atoms with van der Waals surface area (Å²) >= 11 is 0. The van der Waals surface area contributed by atoms with Gasteiger partial charge in [0.05, 0.1) is 0 Å². The molecular weight excluding hydrogens is 314 g/mol. The van der Waals surface area contributed by atoms with Crippen LogP contribution in [0.4, 0.5) is 11.4 Å². The molecule has 3 N–H and O–H groups in total. The maximum absolute atomic E-state index is 12.4. The smallest absolute Gasteiger partial charge is 0.251 e. The van der Waals surface area contributed by atoms with Crippen LogP contribution in [0.2, 0.25) is 0 Å². The Morgan fingerprint density at radius 3 is 2.20 bits per heavy atom. The highest BCUT2D eigenvalue weighted by atomic mass is 16.2. The van der Waals surface area contributed by atoms with Crippen molar-refractivity contribution < 1.29 is 9.59 Å². The van der Waals surface area contributed by atoms with Gasteiger partial charge in [-0.05, 0) is 48.7 Å². The Bertz CT molecular complexity index is 739. The molecule has 2 aromatic carbocycles.